The molecule has 2 aromatic rings. The number of aromatic nitrogens is 1. The Labute approximate surface area is 119 Å². The number of hydrogen-bond acceptors (Lipinski definition) is 3. The van der Waals surface area contributed by atoms with Gasteiger partial charge >= 0.3 is 0 Å². The summed E-state index contributed by atoms with van der Waals surface area (Å²) in [5.41, 5.74) is 9.10. The van der Waals surface area contributed by atoms with Crippen molar-refractivity contribution in [2.75, 3.05) is 6.54 Å². The molecule has 1 amide bonds. The number of benzene rings is 1. The number of aryl methyl sites for hydroxylation is 1. The van der Waals surface area contributed by atoms with Crippen molar-refractivity contribution < 1.29 is 4.79 Å². The lowest BCUT2D eigenvalue weighted by atomic mass is 10.1. The first kappa shape index (κ1) is 14.2. The van der Waals surface area contributed by atoms with E-state index in [2.05, 4.69) is 10.3 Å². The van der Waals surface area contributed by atoms with Crippen molar-refractivity contribution in [1.29, 1.82) is 0 Å². The minimum Gasteiger partial charge on any atom is -0.346 e. The molecule has 20 heavy (non-hydrogen) atoms. The van der Waals surface area contributed by atoms with Crippen LogP contribution in [0.2, 0.25) is 0 Å². The Bertz CT molecular complexity index is 579. The van der Waals surface area contributed by atoms with Gasteiger partial charge in [-0.1, -0.05) is 18.2 Å². The topological polar surface area (TPSA) is 68.0 Å². The summed E-state index contributed by atoms with van der Waals surface area (Å²) in [5.74, 6) is -0.0902. The lowest BCUT2D eigenvalue weighted by Crippen LogP contribution is -2.23. The number of hydrogen-bond donors (Lipinski definition) is 2. The van der Waals surface area contributed by atoms with E-state index in [-0.39, 0.29) is 5.91 Å². The molecule has 0 saturated heterocycles. The second-order valence-electron chi connectivity index (χ2n) is 4.69. The third kappa shape index (κ3) is 3.90. The molecule has 0 spiro atoms. The van der Waals surface area contributed by atoms with Crippen molar-refractivity contribution in [3.8, 4) is 0 Å². The molecule has 4 heteroatoms. The standard InChI is InChI=1S/C16H19N3O/c1-12-3-2-4-15(19-12)11-18-16(20)14-7-5-13(6-8-14)9-10-17/h2-8H,9-11,17H2,1H3,(H,18,20). The lowest BCUT2D eigenvalue weighted by Gasteiger charge is -2.06. The minimum atomic E-state index is -0.0902. The molecule has 0 unspecified atom stereocenters. The van der Waals surface area contributed by atoms with Gasteiger partial charge in [-0.05, 0) is 49.7 Å². The number of nitrogens with one attached hydrogen (secondary N) is 1. The number of carbonyl (C=O) groups excluding carboxylic acids is 1. The molecule has 3 N–H and O–H groups in total. The largest absolute Gasteiger partial charge is 0.346 e. The highest BCUT2D eigenvalue weighted by molar-refractivity contribution is 5.94. The third-order valence-corrected chi connectivity index (χ3v) is 3.03. The van der Waals surface area contributed by atoms with Crippen molar-refractivity contribution >= 4 is 5.91 Å². The van der Waals surface area contributed by atoms with E-state index >= 15 is 0 Å². The summed E-state index contributed by atoms with van der Waals surface area (Å²) in [4.78, 5) is 16.4. The first-order chi connectivity index (χ1) is 9.69. The summed E-state index contributed by atoms with van der Waals surface area (Å²) in [6, 6.07) is 13.3. The van der Waals surface area contributed by atoms with Gasteiger partial charge in [0, 0.05) is 11.3 Å². The summed E-state index contributed by atoms with van der Waals surface area (Å²) >= 11 is 0. The number of nitrogens with two attached hydrogens (primary N) is 1. The van der Waals surface area contributed by atoms with Crippen LogP contribution in [0.3, 0.4) is 0 Å². The smallest absolute Gasteiger partial charge is 0.251 e. The van der Waals surface area contributed by atoms with Crippen molar-refractivity contribution in [1.82, 2.24) is 10.3 Å². The number of pyridine rings is 1. The van der Waals surface area contributed by atoms with Gasteiger partial charge < -0.3 is 11.1 Å². The van der Waals surface area contributed by atoms with E-state index in [1.807, 2.05) is 49.4 Å². The van der Waals surface area contributed by atoms with E-state index in [0.717, 1.165) is 23.4 Å². The predicted octanol–water partition coefficient (Wildman–Crippen LogP) is 1.82. The highest BCUT2D eigenvalue weighted by atomic mass is 16.1. The van der Waals surface area contributed by atoms with Crippen LogP contribution in [0.15, 0.2) is 42.5 Å². The van der Waals surface area contributed by atoms with Gasteiger partial charge in [0.25, 0.3) is 5.91 Å². The summed E-state index contributed by atoms with van der Waals surface area (Å²) in [6.07, 6.45) is 0.828. The van der Waals surface area contributed by atoms with Crippen LogP contribution in [0.5, 0.6) is 0 Å². The second-order valence-corrected chi connectivity index (χ2v) is 4.69. The maximum Gasteiger partial charge on any atom is 0.251 e. The Morgan fingerprint density at radius 1 is 1.20 bits per heavy atom. The van der Waals surface area contributed by atoms with Crippen molar-refractivity contribution in [3.05, 3.63) is 65.0 Å². The van der Waals surface area contributed by atoms with Crippen molar-refractivity contribution in [2.45, 2.75) is 19.9 Å². The predicted molar refractivity (Wildman–Crippen MR) is 79.3 cm³/mol. The van der Waals surface area contributed by atoms with Crippen LogP contribution >= 0.6 is 0 Å². The second kappa shape index (κ2) is 6.82. The maximum absolute atomic E-state index is 12.0. The van der Waals surface area contributed by atoms with Crippen molar-refractivity contribution in [2.24, 2.45) is 5.73 Å². The van der Waals surface area contributed by atoms with E-state index in [4.69, 9.17) is 5.73 Å². The van der Waals surface area contributed by atoms with Crippen LogP contribution in [0, 0.1) is 6.92 Å². The van der Waals surface area contributed by atoms with Crippen LogP contribution in [0.4, 0.5) is 0 Å². The van der Waals surface area contributed by atoms with Crippen molar-refractivity contribution in [3.63, 3.8) is 0 Å². The fraction of sp³-hybridized carbons (Fsp3) is 0.250. The number of amides is 1. The molecule has 0 fully saturated rings. The van der Waals surface area contributed by atoms with Gasteiger partial charge in [-0.15, -0.1) is 0 Å². The van der Waals surface area contributed by atoms with E-state index in [9.17, 15) is 4.79 Å². The first-order valence-electron chi connectivity index (χ1n) is 6.69. The number of carbonyl (C=O) groups is 1. The average Bonchev–Trinajstić information content (AvgIpc) is 2.46. The molecule has 4 nitrogen and oxygen atoms in total. The SMILES string of the molecule is Cc1cccc(CNC(=O)c2ccc(CCN)cc2)n1. The van der Waals surface area contributed by atoms with Gasteiger partial charge in [0.1, 0.15) is 0 Å². The van der Waals surface area contributed by atoms with E-state index < -0.39 is 0 Å². The third-order valence-electron chi connectivity index (χ3n) is 3.03. The van der Waals surface area contributed by atoms with Gasteiger partial charge in [-0.3, -0.25) is 9.78 Å². The van der Waals surface area contributed by atoms with Crippen LogP contribution in [0.1, 0.15) is 27.3 Å². The Hall–Kier alpha value is -2.20. The highest BCUT2D eigenvalue weighted by Crippen LogP contribution is 2.05. The molecule has 0 aliphatic carbocycles. The Morgan fingerprint density at radius 3 is 2.60 bits per heavy atom. The van der Waals surface area contributed by atoms with Gasteiger partial charge in [0.05, 0.1) is 12.2 Å². The van der Waals surface area contributed by atoms with Gasteiger partial charge in [0.15, 0.2) is 0 Å². The first-order valence-corrected chi connectivity index (χ1v) is 6.69. The molecule has 0 aliphatic rings. The monoisotopic (exact) mass is 269 g/mol. The molecule has 1 aromatic heterocycles. The Morgan fingerprint density at radius 2 is 1.95 bits per heavy atom. The van der Waals surface area contributed by atoms with Crippen LogP contribution in [0.25, 0.3) is 0 Å². The number of rotatable bonds is 5. The minimum absolute atomic E-state index is 0.0902. The zero-order valence-electron chi connectivity index (χ0n) is 11.6. The summed E-state index contributed by atoms with van der Waals surface area (Å²) in [6.45, 7) is 2.98. The molecule has 0 radical (unpaired) electrons. The average molecular weight is 269 g/mol. The fourth-order valence-corrected chi connectivity index (χ4v) is 1.96. The van der Waals surface area contributed by atoms with E-state index in [1.165, 1.54) is 0 Å². The highest BCUT2D eigenvalue weighted by Gasteiger charge is 2.05. The van der Waals surface area contributed by atoms with E-state index in [1.54, 1.807) is 0 Å². The van der Waals surface area contributed by atoms with Crippen LogP contribution in [-0.4, -0.2) is 17.4 Å². The zero-order valence-corrected chi connectivity index (χ0v) is 11.6. The molecular weight excluding hydrogens is 250 g/mol. The molecule has 0 aliphatic heterocycles. The zero-order chi connectivity index (χ0) is 14.4. The van der Waals surface area contributed by atoms with Gasteiger partial charge in [-0.2, -0.15) is 0 Å². The Balaban J connectivity index is 1.94. The van der Waals surface area contributed by atoms with Crippen LogP contribution in [-0.2, 0) is 13.0 Å². The molecule has 104 valence electrons. The fourth-order valence-electron chi connectivity index (χ4n) is 1.96. The molecule has 0 atom stereocenters. The summed E-state index contributed by atoms with van der Waals surface area (Å²) in [5, 5.41) is 2.87. The Kier molecular flexibility index (Phi) is 4.85. The molecule has 1 heterocycles. The normalized spacial score (nSPS) is 10.3. The quantitative estimate of drug-likeness (QED) is 0.870. The number of nitrogens with zero attached hydrogens (tertiary/aromatic N) is 1. The summed E-state index contributed by atoms with van der Waals surface area (Å²) in [7, 11) is 0. The maximum atomic E-state index is 12.0. The van der Waals surface area contributed by atoms with Gasteiger partial charge in [0.2, 0.25) is 0 Å². The molecule has 0 bridgehead atoms. The molecule has 1 aromatic carbocycles. The van der Waals surface area contributed by atoms with Gasteiger partial charge in [-0.25, -0.2) is 0 Å². The van der Waals surface area contributed by atoms with E-state index in [0.29, 0.717) is 18.7 Å². The molecular formula is C16H19N3O. The lowest BCUT2D eigenvalue weighted by molar-refractivity contribution is 0.0950. The molecule has 0 saturated carbocycles. The van der Waals surface area contributed by atoms with Crippen LogP contribution < -0.4 is 11.1 Å². The summed E-state index contributed by atoms with van der Waals surface area (Å²) < 4.78 is 0. The molecule has 2 rings (SSSR count).